The summed E-state index contributed by atoms with van der Waals surface area (Å²) < 4.78 is 11.2. The van der Waals surface area contributed by atoms with E-state index in [-0.39, 0.29) is 5.54 Å². The van der Waals surface area contributed by atoms with Crippen LogP contribution in [0.2, 0.25) is 0 Å². The lowest BCUT2D eigenvalue weighted by Gasteiger charge is -2.48. The quantitative estimate of drug-likeness (QED) is 0.498. The first-order valence-electron chi connectivity index (χ1n) is 12.4. The molecule has 3 aliphatic rings. The van der Waals surface area contributed by atoms with Crippen LogP contribution in [0.15, 0.2) is 35.3 Å². The van der Waals surface area contributed by atoms with Crippen LogP contribution in [0, 0.1) is 0 Å². The Hall–Kier alpha value is -1.67. The zero-order valence-corrected chi connectivity index (χ0v) is 19.7. The van der Waals surface area contributed by atoms with Crippen LogP contribution in [-0.4, -0.2) is 94.0 Å². The fourth-order valence-electron chi connectivity index (χ4n) is 5.54. The minimum Gasteiger partial charge on any atom is -0.379 e. The second-order valence-electron chi connectivity index (χ2n) is 9.27. The predicted octanol–water partition coefficient (Wildman–Crippen LogP) is 2.26. The van der Waals surface area contributed by atoms with Crippen LogP contribution >= 0.6 is 0 Å². The summed E-state index contributed by atoms with van der Waals surface area (Å²) in [5.74, 6) is 0.900. The van der Waals surface area contributed by atoms with Gasteiger partial charge in [-0.15, -0.1) is 0 Å². The summed E-state index contributed by atoms with van der Waals surface area (Å²) in [5, 5.41) is 7.34. The SMILES string of the molecule is CN=C(NCC(c1ccccc1)N1CCOCC1)NCC1(N2CCOCC2)CCCCC1. The van der Waals surface area contributed by atoms with E-state index in [0.717, 1.165) is 71.7 Å². The first-order valence-corrected chi connectivity index (χ1v) is 12.4. The van der Waals surface area contributed by atoms with Gasteiger partial charge in [0.25, 0.3) is 0 Å². The minimum absolute atomic E-state index is 0.225. The van der Waals surface area contributed by atoms with Crippen molar-refractivity contribution in [1.82, 2.24) is 20.4 Å². The molecule has 0 radical (unpaired) electrons. The van der Waals surface area contributed by atoms with Crippen molar-refractivity contribution in [3.05, 3.63) is 35.9 Å². The summed E-state index contributed by atoms with van der Waals surface area (Å²) in [6.45, 7) is 9.10. The number of aliphatic imine (C=N–C) groups is 1. The zero-order valence-electron chi connectivity index (χ0n) is 19.7. The maximum atomic E-state index is 5.64. The molecule has 2 saturated heterocycles. The van der Waals surface area contributed by atoms with E-state index < -0.39 is 0 Å². The molecule has 1 atom stereocenters. The Balaban J connectivity index is 1.38. The van der Waals surface area contributed by atoms with Gasteiger partial charge in [0, 0.05) is 51.9 Å². The van der Waals surface area contributed by atoms with Gasteiger partial charge in [-0.05, 0) is 18.4 Å². The van der Waals surface area contributed by atoms with Crippen molar-refractivity contribution in [3.8, 4) is 0 Å². The monoisotopic (exact) mass is 443 g/mol. The van der Waals surface area contributed by atoms with E-state index in [9.17, 15) is 0 Å². The molecule has 7 nitrogen and oxygen atoms in total. The molecule has 1 aliphatic carbocycles. The van der Waals surface area contributed by atoms with E-state index in [0.29, 0.717) is 6.04 Å². The van der Waals surface area contributed by atoms with Gasteiger partial charge in [0.1, 0.15) is 0 Å². The van der Waals surface area contributed by atoms with Crippen LogP contribution in [0.5, 0.6) is 0 Å². The molecule has 0 aromatic heterocycles. The highest BCUT2D eigenvalue weighted by Crippen LogP contribution is 2.33. The maximum absolute atomic E-state index is 5.64. The molecule has 32 heavy (non-hydrogen) atoms. The van der Waals surface area contributed by atoms with Crippen molar-refractivity contribution < 1.29 is 9.47 Å². The normalized spacial score (nSPS) is 24.1. The lowest BCUT2D eigenvalue weighted by atomic mass is 9.80. The van der Waals surface area contributed by atoms with Gasteiger partial charge >= 0.3 is 0 Å². The Bertz CT molecular complexity index is 696. The number of hydrogen-bond donors (Lipinski definition) is 2. The lowest BCUT2D eigenvalue weighted by Crippen LogP contribution is -2.60. The number of rotatable bonds is 7. The van der Waals surface area contributed by atoms with Crippen molar-refractivity contribution in [2.75, 3.05) is 72.7 Å². The second-order valence-corrected chi connectivity index (χ2v) is 9.27. The number of ether oxygens (including phenoxy) is 2. The Labute approximate surface area is 193 Å². The molecule has 2 heterocycles. The van der Waals surface area contributed by atoms with Crippen LogP contribution in [0.1, 0.15) is 43.7 Å². The summed E-state index contributed by atoms with van der Waals surface area (Å²) in [5.41, 5.74) is 1.57. The molecule has 0 spiro atoms. The van der Waals surface area contributed by atoms with Gasteiger partial charge in [0.2, 0.25) is 0 Å². The molecule has 2 aliphatic heterocycles. The van der Waals surface area contributed by atoms with Gasteiger partial charge in [-0.3, -0.25) is 14.8 Å². The standard InChI is InChI=1S/C25H41N5O2/c1-26-24(28-21-25(10-6-3-7-11-25)30-14-18-32-19-15-30)27-20-23(22-8-4-2-5-9-22)29-12-16-31-17-13-29/h2,4-5,8-9,23H,3,6-7,10-21H2,1H3,(H2,26,27,28). The van der Waals surface area contributed by atoms with Crippen LogP contribution in [0.3, 0.4) is 0 Å². The van der Waals surface area contributed by atoms with Gasteiger partial charge in [-0.25, -0.2) is 0 Å². The average Bonchev–Trinajstić information content (AvgIpc) is 2.88. The van der Waals surface area contributed by atoms with E-state index in [1.165, 1.54) is 37.7 Å². The first-order chi connectivity index (χ1) is 15.8. The average molecular weight is 444 g/mol. The van der Waals surface area contributed by atoms with E-state index in [1.54, 1.807) is 0 Å². The molecule has 1 saturated carbocycles. The van der Waals surface area contributed by atoms with Crippen molar-refractivity contribution in [1.29, 1.82) is 0 Å². The van der Waals surface area contributed by atoms with Crippen molar-refractivity contribution in [2.24, 2.45) is 4.99 Å². The van der Waals surface area contributed by atoms with Crippen LogP contribution < -0.4 is 10.6 Å². The second kappa shape index (κ2) is 12.0. The minimum atomic E-state index is 0.225. The number of morpholine rings is 2. The highest BCUT2D eigenvalue weighted by molar-refractivity contribution is 5.79. The summed E-state index contributed by atoms with van der Waals surface area (Å²) in [4.78, 5) is 9.77. The zero-order chi connectivity index (χ0) is 22.1. The van der Waals surface area contributed by atoms with Crippen LogP contribution in [0.25, 0.3) is 0 Å². The smallest absolute Gasteiger partial charge is 0.191 e. The molecule has 1 aromatic rings. The fourth-order valence-corrected chi connectivity index (χ4v) is 5.54. The number of benzene rings is 1. The van der Waals surface area contributed by atoms with E-state index in [2.05, 4.69) is 55.8 Å². The van der Waals surface area contributed by atoms with Gasteiger partial charge in [-0.1, -0.05) is 49.6 Å². The molecule has 178 valence electrons. The lowest BCUT2D eigenvalue weighted by molar-refractivity contribution is -0.0352. The largest absolute Gasteiger partial charge is 0.379 e. The van der Waals surface area contributed by atoms with Crippen molar-refractivity contribution in [3.63, 3.8) is 0 Å². The number of guanidine groups is 1. The predicted molar refractivity (Wildman–Crippen MR) is 129 cm³/mol. The molecule has 0 bridgehead atoms. The summed E-state index contributed by atoms with van der Waals surface area (Å²) in [6.07, 6.45) is 6.52. The Kier molecular flexibility index (Phi) is 8.79. The van der Waals surface area contributed by atoms with Gasteiger partial charge < -0.3 is 20.1 Å². The summed E-state index contributed by atoms with van der Waals surface area (Å²) in [7, 11) is 1.88. The van der Waals surface area contributed by atoms with Crippen LogP contribution in [-0.2, 0) is 9.47 Å². The summed E-state index contributed by atoms with van der Waals surface area (Å²) >= 11 is 0. The molecule has 0 amide bonds. The topological polar surface area (TPSA) is 61.4 Å². The molecule has 7 heteroatoms. The number of hydrogen-bond acceptors (Lipinski definition) is 5. The van der Waals surface area contributed by atoms with E-state index >= 15 is 0 Å². The summed E-state index contributed by atoms with van der Waals surface area (Å²) in [6, 6.07) is 11.1. The molecule has 4 rings (SSSR count). The van der Waals surface area contributed by atoms with E-state index in [4.69, 9.17) is 9.47 Å². The third kappa shape index (κ3) is 6.01. The van der Waals surface area contributed by atoms with Crippen LogP contribution in [0.4, 0.5) is 0 Å². The fraction of sp³-hybridized carbons (Fsp3) is 0.720. The van der Waals surface area contributed by atoms with Gasteiger partial charge in [0.15, 0.2) is 5.96 Å². The van der Waals surface area contributed by atoms with Gasteiger partial charge in [-0.2, -0.15) is 0 Å². The van der Waals surface area contributed by atoms with Crippen molar-refractivity contribution >= 4 is 5.96 Å². The number of nitrogens with one attached hydrogen (secondary N) is 2. The maximum Gasteiger partial charge on any atom is 0.191 e. The molecule has 2 N–H and O–H groups in total. The van der Waals surface area contributed by atoms with Crippen molar-refractivity contribution in [2.45, 2.75) is 43.7 Å². The number of nitrogens with zero attached hydrogens (tertiary/aromatic N) is 3. The Morgan fingerprint density at radius 1 is 0.938 bits per heavy atom. The first kappa shape index (κ1) is 23.5. The highest BCUT2D eigenvalue weighted by atomic mass is 16.5. The molecule has 1 aromatic carbocycles. The third-order valence-corrected chi connectivity index (χ3v) is 7.41. The molecular weight excluding hydrogens is 402 g/mol. The molecule has 1 unspecified atom stereocenters. The Morgan fingerprint density at radius 3 is 2.25 bits per heavy atom. The molecule has 3 fully saturated rings. The van der Waals surface area contributed by atoms with Gasteiger partial charge in [0.05, 0.1) is 32.5 Å². The third-order valence-electron chi connectivity index (χ3n) is 7.41. The molecular formula is C25H41N5O2. The van der Waals surface area contributed by atoms with E-state index in [1.807, 2.05) is 7.05 Å². The Morgan fingerprint density at radius 2 is 1.59 bits per heavy atom. The highest BCUT2D eigenvalue weighted by Gasteiger charge is 2.38.